The fourth-order valence-electron chi connectivity index (χ4n) is 5.13. The van der Waals surface area contributed by atoms with Gasteiger partial charge >= 0.3 is 6.09 Å². The summed E-state index contributed by atoms with van der Waals surface area (Å²) in [6.45, 7) is 1.96. The first kappa shape index (κ1) is 31.1. The van der Waals surface area contributed by atoms with E-state index in [9.17, 15) is 14.4 Å². The second-order valence-corrected chi connectivity index (χ2v) is 11.7. The van der Waals surface area contributed by atoms with Gasteiger partial charge in [-0.1, -0.05) is 54.1 Å². The van der Waals surface area contributed by atoms with Crippen LogP contribution in [0.2, 0.25) is 5.02 Å². The van der Waals surface area contributed by atoms with Crippen LogP contribution < -0.4 is 15.4 Å². The summed E-state index contributed by atoms with van der Waals surface area (Å²) in [6, 6.07) is 19.0. The van der Waals surface area contributed by atoms with E-state index in [-0.39, 0.29) is 17.0 Å². The number of hydrogen-bond acceptors (Lipinski definition) is 5. The van der Waals surface area contributed by atoms with Crippen LogP contribution in [-0.4, -0.2) is 63.2 Å². The van der Waals surface area contributed by atoms with Crippen LogP contribution in [0.3, 0.4) is 0 Å². The molecule has 0 saturated carbocycles. The van der Waals surface area contributed by atoms with Gasteiger partial charge < -0.3 is 19.3 Å². The monoisotopic (exact) mass is 592 g/mol. The average molecular weight is 593 g/mol. The Morgan fingerprint density at radius 2 is 1.71 bits per heavy atom. The minimum atomic E-state index is -0.435. The highest BCUT2D eigenvalue weighted by atomic mass is 35.5. The van der Waals surface area contributed by atoms with Gasteiger partial charge in [0, 0.05) is 30.9 Å². The third-order valence-electron chi connectivity index (χ3n) is 7.63. The van der Waals surface area contributed by atoms with E-state index < -0.39 is 6.09 Å². The molecule has 3 aromatic carbocycles. The topological polar surface area (TPSA) is 93.7 Å². The van der Waals surface area contributed by atoms with Crippen molar-refractivity contribution < 1.29 is 28.3 Å². The van der Waals surface area contributed by atoms with Crippen LogP contribution >= 0.6 is 11.6 Å². The zero-order valence-corrected chi connectivity index (χ0v) is 25.2. The van der Waals surface area contributed by atoms with Gasteiger partial charge in [-0.15, -0.1) is 0 Å². The third kappa shape index (κ3) is 8.57. The molecule has 0 radical (unpaired) electrons. The molecular weight excluding hydrogens is 554 g/mol. The van der Waals surface area contributed by atoms with Gasteiger partial charge in [-0.2, -0.15) is 0 Å². The molecule has 3 aromatic rings. The number of nitrogens with one attached hydrogen (secondary N) is 2. The Balaban J connectivity index is 1.35. The predicted molar refractivity (Wildman–Crippen MR) is 166 cm³/mol. The molecule has 42 heavy (non-hydrogen) atoms. The van der Waals surface area contributed by atoms with Crippen LogP contribution in [0.15, 0.2) is 60.7 Å². The first-order valence-electron chi connectivity index (χ1n) is 14.3. The van der Waals surface area contributed by atoms with E-state index >= 15 is 0 Å². The van der Waals surface area contributed by atoms with Crippen molar-refractivity contribution in [3.8, 4) is 16.9 Å². The molecule has 0 bridgehead atoms. The minimum Gasteiger partial charge on any atom is -0.496 e. The van der Waals surface area contributed by atoms with E-state index in [1.807, 2.05) is 42.5 Å². The van der Waals surface area contributed by atoms with Crippen LogP contribution in [0.4, 0.5) is 16.2 Å². The number of likely N-dealkylation sites (tertiary alicyclic amines) is 1. The van der Waals surface area contributed by atoms with E-state index in [2.05, 4.69) is 30.8 Å². The minimum absolute atomic E-state index is 0.0791. The molecule has 0 unspecified atom stereocenters. The van der Waals surface area contributed by atoms with E-state index in [4.69, 9.17) is 21.1 Å². The van der Waals surface area contributed by atoms with Crippen LogP contribution in [-0.2, 0) is 16.0 Å². The molecule has 4 rings (SSSR count). The Labute approximate surface area is 252 Å². The third-order valence-corrected chi connectivity index (χ3v) is 7.94. The molecule has 0 atom stereocenters. The molecule has 0 aliphatic carbocycles. The number of hydrogen-bond donors (Lipinski definition) is 2. The van der Waals surface area contributed by atoms with Gasteiger partial charge in [0.15, 0.2) is 6.29 Å². The van der Waals surface area contributed by atoms with Gasteiger partial charge in [0.2, 0.25) is 5.91 Å². The Morgan fingerprint density at radius 1 is 0.976 bits per heavy atom. The maximum absolute atomic E-state index is 12.9. The molecule has 1 heterocycles. The lowest BCUT2D eigenvalue weighted by Crippen LogP contribution is -2.48. The highest BCUT2D eigenvalue weighted by Gasteiger charge is 2.28. The number of aryl methyl sites for hydroxylation is 1. The Kier molecular flexibility index (Phi) is 10.6. The van der Waals surface area contributed by atoms with Crippen molar-refractivity contribution in [2.24, 2.45) is 0 Å². The van der Waals surface area contributed by atoms with Crippen LogP contribution in [0, 0.1) is 0 Å². The van der Waals surface area contributed by atoms with Crippen molar-refractivity contribution in [2.45, 2.75) is 44.6 Å². The summed E-state index contributed by atoms with van der Waals surface area (Å²) >= 11 is 6.23. The van der Waals surface area contributed by atoms with Crippen LogP contribution in [0.1, 0.15) is 48.0 Å². The van der Waals surface area contributed by atoms with Crippen molar-refractivity contribution in [3.63, 3.8) is 0 Å². The average Bonchev–Trinajstić information content (AvgIpc) is 2.98. The summed E-state index contributed by atoms with van der Waals surface area (Å²) in [6.07, 6.45) is 4.33. The second-order valence-electron chi connectivity index (χ2n) is 11.3. The quantitative estimate of drug-likeness (QED) is 0.142. The first-order chi connectivity index (χ1) is 20.2. The number of quaternary nitrogens is 1. The van der Waals surface area contributed by atoms with E-state index in [0.717, 1.165) is 59.9 Å². The lowest BCUT2D eigenvalue weighted by molar-refractivity contribution is -0.896. The summed E-state index contributed by atoms with van der Waals surface area (Å²) in [5, 5.41) is 6.07. The molecule has 222 valence electrons. The standard InChI is InChI=1S/C33H38ClN3O5/c1-37(2)17-15-26(16-18-37)42-33(40)36-29-19-23(13-14-27(29)24-10-5-4-6-11-24)9-7-8-12-32(39)35-30-21-31(41-3)25(22-38)20-28(30)34/h4-6,10-11,13-14,19-22,26H,7-9,12,15-18H2,1-3H3,(H-,35,36,38,39,40)/p+1. The predicted octanol–water partition coefficient (Wildman–Crippen LogP) is 6.97. The summed E-state index contributed by atoms with van der Waals surface area (Å²) in [5.41, 5.74) is 4.40. The number of carbonyl (C=O) groups is 3. The zero-order valence-electron chi connectivity index (χ0n) is 24.5. The van der Waals surface area contributed by atoms with Gasteiger partial charge in [-0.05, 0) is 42.5 Å². The smallest absolute Gasteiger partial charge is 0.411 e. The number of ether oxygens (including phenoxy) is 2. The van der Waals surface area contributed by atoms with Crippen molar-refractivity contribution in [2.75, 3.05) is 44.9 Å². The molecule has 8 nitrogen and oxygen atoms in total. The van der Waals surface area contributed by atoms with E-state index in [1.54, 1.807) is 6.07 Å². The highest BCUT2D eigenvalue weighted by molar-refractivity contribution is 6.34. The van der Waals surface area contributed by atoms with Crippen LogP contribution in [0.5, 0.6) is 5.75 Å². The number of benzene rings is 3. The number of carbonyl (C=O) groups excluding carboxylic acids is 3. The van der Waals surface area contributed by atoms with Crippen molar-refractivity contribution in [3.05, 3.63) is 76.8 Å². The summed E-state index contributed by atoms with van der Waals surface area (Å²) in [5.74, 6) is 0.172. The molecule has 1 saturated heterocycles. The molecule has 9 heteroatoms. The Morgan fingerprint density at radius 3 is 2.40 bits per heavy atom. The van der Waals surface area contributed by atoms with E-state index in [0.29, 0.717) is 41.8 Å². The van der Waals surface area contributed by atoms with Crippen molar-refractivity contribution >= 4 is 41.3 Å². The van der Waals surface area contributed by atoms with E-state index in [1.165, 1.54) is 13.2 Å². The molecule has 0 aromatic heterocycles. The maximum Gasteiger partial charge on any atom is 0.411 e. The molecule has 0 spiro atoms. The number of methoxy groups -OCH3 is 1. The molecule has 1 aliphatic heterocycles. The number of unbranched alkanes of at least 4 members (excludes halogenated alkanes) is 1. The van der Waals surface area contributed by atoms with Gasteiger partial charge in [0.25, 0.3) is 0 Å². The normalized spacial score (nSPS) is 14.6. The van der Waals surface area contributed by atoms with Gasteiger partial charge in [0.05, 0.1) is 56.3 Å². The number of anilines is 2. The summed E-state index contributed by atoms with van der Waals surface area (Å²) < 4.78 is 11.9. The van der Waals surface area contributed by atoms with Crippen molar-refractivity contribution in [1.29, 1.82) is 0 Å². The number of halogens is 1. The van der Waals surface area contributed by atoms with Gasteiger partial charge in [0.1, 0.15) is 11.9 Å². The number of nitrogens with zero attached hydrogens (tertiary/aromatic N) is 1. The Hall–Kier alpha value is -3.88. The lowest BCUT2D eigenvalue weighted by Gasteiger charge is -2.36. The number of amides is 2. The maximum atomic E-state index is 12.9. The van der Waals surface area contributed by atoms with Gasteiger partial charge in [-0.25, -0.2) is 4.79 Å². The lowest BCUT2D eigenvalue weighted by atomic mass is 9.99. The van der Waals surface area contributed by atoms with Crippen LogP contribution in [0.25, 0.3) is 11.1 Å². The summed E-state index contributed by atoms with van der Waals surface area (Å²) in [7, 11) is 5.85. The fraction of sp³-hybridized carbons (Fsp3) is 0.364. The molecule has 2 N–H and O–H groups in total. The first-order valence-corrected chi connectivity index (χ1v) is 14.7. The van der Waals surface area contributed by atoms with Gasteiger partial charge in [-0.3, -0.25) is 14.9 Å². The Bertz CT molecular complexity index is 1400. The molecule has 2 amide bonds. The number of aldehydes is 1. The second kappa shape index (κ2) is 14.3. The fourth-order valence-corrected chi connectivity index (χ4v) is 5.35. The molecule has 1 fully saturated rings. The zero-order chi connectivity index (χ0) is 30.1. The SMILES string of the molecule is COc1cc(NC(=O)CCCCc2ccc(-c3ccccc3)c(NC(=O)OC3CC[N+](C)(C)CC3)c2)c(Cl)cc1C=O. The number of rotatable bonds is 11. The highest BCUT2D eigenvalue weighted by Crippen LogP contribution is 2.32. The largest absolute Gasteiger partial charge is 0.496 e. The molecule has 1 aliphatic rings. The number of piperidine rings is 1. The summed E-state index contributed by atoms with van der Waals surface area (Å²) in [4.78, 5) is 36.6. The molecular formula is C33H39ClN3O5+. The van der Waals surface area contributed by atoms with Crippen molar-refractivity contribution in [1.82, 2.24) is 0 Å².